The molecule has 1 saturated carbocycles. The summed E-state index contributed by atoms with van der Waals surface area (Å²) in [6.07, 6.45) is 10.9. The Morgan fingerprint density at radius 3 is 2.85 bits per heavy atom. The summed E-state index contributed by atoms with van der Waals surface area (Å²) in [5, 5.41) is 10.2. The summed E-state index contributed by atoms with van der Waals surface area (Å²) >= 11 is 3.50. The van der Waals surface area contributed by atoms with Gasteiger partial charge in [-0.2, -0.15) is 0 Å². The van der Waals surface area contributed by atoms with Crippen LogP contribution < -0.4 is 0 Å². The lowest BCUT2D eigenvalue weighted by Crippen LogP contribution is -2.45. The smallest absolute Gasteiger partial charge is 0.0583 e. The number of hydrogen-bond donors (Lipinski definition) is 1. The van der Waals surface area contributed by atoms with Crippen molar-refractivity contribution in [2.45, 2.75) is 57.2 Å². The number of nitrogens with zero attached hydrogens (tertiary/aromatic N) is 2. The molecule has 1 aromatic rings. The Labute approximate surface area is 129 Å². The zero-order chi connectivity index (χ0) is 13.9. The molecule has 20 heavy (non-hydrogen) atoms. The SMILES string of the molecule is OC1CCCC1C1CCCCN1Cc1cncc(Br)c1. The first-order chi connectivity index (χ1) is 9.74. The molecule has 0 radical (unpaired) electrons. The predicted molar refractivity (Wildman–Crippen MR) is 83.3 cm³/mol. The van der Waals surface area contributed by atoms with Gasteiger partial charge in [0.1, 0.15) is 0 Å². The number of pyridine rings is 1. The molecule has 3 unspecified atom stereocenters. The molecule has 1 aromatic heterocycles. The Kier molecular flexibility index (Phi) is 4.74. The van der Waals surface area contributed by atoms with Gasteiger partial charge in [-0.25, -0.2) is 0 Å². The third-order valence-electron chi connectivity index (χ3n) is 4.84. The number of aliphatic hydroxyl groups is 1. The van der Waals surface area contributed by atoms with Gasteiger partial charge in [-0.15, -0.1) is 0 Å². The zero-order valence-corrected chi connectivity index (χ0v) is 13.4. The summed E-state index contributed by atoms with van der Waals surface area (Å²) in [5.41, 5.74) is 1.26. The molecule has 0 spiro atoms. The Balaban J connectivity index is 1.72. The molecule has 1 aliphatic heterocycles. The highest BCUT2D eigenvalue weighted by Crippen LogP contribution is 2.35. The van der Waals surface area contributed by atoms with Crippen molar-refractivity contribution in [2.75, 3.05) is 6.54 Å². The molecule has 0 bridgehead atoms. The van der Waals surface area contributed by atoms with Crippen molar-refractivity contribution in [1.82, 2.24) is 9.88 Å². The standard InChI is InChI=1S/C16H23BrN2O/c17-13-8-12(9-18-10-13)11-19-7-2-1-5-15(19)14-4-3-6-16(14)20/h8-10,14-16,20H,1-7,11H2. The lowest BCUT2D eigenvalue weighted by atomic mass is 9.87. The van der Waals surface area contributed by atoms with Gasteiger partial charge in [0.05, 0.1) is 6.10 Å². The largest absolute Gasteiger partial charge is 0.393 e. The van der Waals surface area contributed by atoms with Gasteiger partial charge >= 0.3 is 0 Å². The van der Waals surface area contributed by atoms with Crippen molar-refractivity contribution in [1.29, 1.82) is 0 Å². The van der Waals surface area contributed by atoms with Gasteiger partial charge in [0.15, 0.2) is 0 Å². The number of halogens is 1. The van der Waals surface area contributed by atoms with Gasteiger partial charge in [-0.1, -0.05) is 12.8 Å². The predicted octanol–water partition coefficient (Wildman–Crippen LogP) is 3.36. The van der Waals surface area contributed by atoms with Crippen LogP contribution in [0.4, 0.5) is 0 Å². The molecular formula is C16H23BrN2O. The molecule has 1 aliphatic carbocycles. The first kappa shape index (κ1) is 14.5. The minimum atomic E-state index is -0.0822. The van der Waals surface area contributed by atoms with Crippen LogP contribution in [0.1, 0.15) is 44.1 Å². The van der Waals surface area contributed by atoms with Crippen molar-refractivity contribution in [2.24, 2.45) is 5.92 Å². The quantitative estimate of drug-likeness (QED) is 0.917. The fourth-order valence-electron chi connectivity index (χ4n) is 3.89. The van der Waals surface area contributed by atoms with E-state index in [1.165, 1.54) is 37.7 Å². The van der Waals surface area contributed by atoms with Crippen LogP contribution in [-0.4, -0.2) is 33.7 Å². The average Bonchev–Trinajstić information content (AvgIpc) is 2.86. The van der Waals surface area contributed by atoms with Crippen molar-refractivity contribution < 1.29 is 5.11 Å². The third-order valence-corrected chi connectivity index (χ3v) is 5.27. The Morgan fingerprint density at radius 2 is 2.10 bits per heavy atom. The van der Waals surface area contributed by atoms with E-state index < -0.39 is 0 Å². The first-order valence-corrected chi connectivity index (χ1v) is 8.55. The summed E-state index contributed by atoms with van der Waals surface area (Å²) < 4.78 is 1.05. The molecule has 1 saturated heterocycles. The Bertz CT molecular complexity index is 454. The summed E-state index contributed by atoms with van der Waals surface area (Å²) in [6, 6.07) is 2.71. The second-order valence-corrected chi connectivity index (χ2v) is 7.12. The van der Waals surface area contributed by atoms with E-state index in [2.05, 4.69) is 31.9 Å². The monoisotopic (exact) mass is 338 g/mol. The van der Waals surface area contributed by atoms with Crippen molar-refractivity contribution in [3.05, 3.63) is 28.5 Å². The lowest BCUT2D eigenvalue weighted by Gasteiger charge is -2.40. The molecule has 3 rings (SSSR count). The van der Waals surface area contributed by atoms with Gasteiger partial charge in [0.2, 0.25) is 0 Å². The van der Waals surface area contributed by atoms with E-state index in [1.807, 2.05) is 12.4 Å². The average molecular weight is 339 g/mol. The number of likely N-dealkylation sites (tertiary alicyclic amines) is 1. The normalized spacial score (nSPS) is 31.6. The van der Waals surface area contributed by atoms with E-state index in [-0.39, 0.29) is 6.10 Å². The highest BCUT2D eigenvalue weighted by molar-refractivity contribution is 9.10. The van der Waals surface area contributed by atoms with Crippen LogP contribution >= 0.6 is 15.9 Å². The maximum atomic E-state index is 10.2. The van der Waals surface area contributed by atoms with E-state index in [1.54, 1.807) is 0 Å². The number of aromatic nitrogens is 1. The van der Waals surface area contributed by atoms with Crippen LogP contribution in [0.15, 0.2) is 22.9 Å². The van der Waals surface area contributed by atoms with Crippen LogP contribution in [0.2, 0.25) is 0 Å². The van der Waals surface area contributed by atoms with Crippen LogP contribution in [0.5, 0.6) is 0 Å². The molecule has 1 N–H and O–H groups in total. The van der Waals surface area contributed by atoms with Crippen LogP contribution in [-0.2, 0) is 6.54 Å². The molecule has 2 fully saturated rings. The number of aliphatic hydroxyl groups excluding tert-OH is 1. The van der Waals surface area contributed by atoms with Crippen LogP contribution in [0.3, 0.4) is 0 Å². The van der Waals surface area contributed by atoms with E-state index in [0.717, 1.165) is 24.0 Å². The van der Waals surface area contributed by atoms with E-state index in [9.17, 15) is 5.11 Å². The molecule has 2 heterocycles. The maximum absolute atomic E-state index is 10.2. The topological polar surface area (TPSA) is 36.4 Å². The second-order valence-electron chi connectivity index (χ2n) is 6.21. The summed E-state index contributed by atoms with van der Waals surface area (Å²) in [4.78, 5) is 6.84. The molecular weight excluding hydrogens is 316 g/mol. The Morgan fingerprint density at radius 1 is 1.20 bits per heavy atom. The minimum Gasteiger partial charge on any atom is -0.393 e. The van der Waals surface area contributed by atoms with Crippen molar-refractivity contribution in [3.63, 3.8) is 0 Å². The lowest BCUT2D eigenvalue weighted by molar-refractivity contribution is 0.0312. The number of piperidine rings is 1. The summed E-state index contributed by atoms with van der Waals surface area (Å²) in [5.74, 6) is 0.482. The number of hydrogen-bond acceptors (Lipinski definition) is 3. The van der Waals surface area contributed by atoms with Gasteiger partial charge in [-0.05, 0) is 59.8 Å². The Hall–Kier alpha value is -0.450. The zero-order valence-electron chi connectivity index (χ0n) is 11.8. The molecule has 4 heteroatoms. The molecule has 3 atom stereocenters. The molecule has 0 amide bonds. The molecule has 3 nitrogen and oxygen atoms in total. The maximum Gasteiger partial charge on any atom is 0.0583 e. The van der Waals surface area contributed by atoms with Gasteiger partial charge in [0.25, 0.3) is 0 Å². The van der Waals surface area contributed by atoms with Gasteiger partial charge in [0, 0.05) is 35.4 Å². The third kappa shape index (κ3) is 3.23. The fourth-order valence-corrected chi connectivity index (χ4v) is 4.30. The van der Waals surface area contributed by atoms with E-state index in [0.29, 0.717) is 12.0 Å². The van der Waals surface area contributed by atoms with Crippen molar-refractivity contribution in [3.8, 4) is 0 Å². The number of rotatable bonds is 3. The van der Waals surface area contributed by atoms with Crippen LogP contribution in [0.25, 0.3) is 0 Å². The van der Waals surface area contributed by atoms with Gasteiger partial charge in [-0.3, -0.25) is 9.88 Å². The highest BCUT2D eigenvalue weighted by Gasteiger charge is 2.36. The van der Waals surface area contributed by atoms with Crippen LogP contribution in [0, 0.1) is 5.92 Å². The van der Waals surface area contributed by atoms with E-state index >= 15 is 0 Å². The summed E-state index contributed by atoms with van der Waals surface area (Å²) in [6.45, 7) is 2.11. The second kappa shape index (κ2) is 6.54. The van der Waals surface area contributed by atoms with Gasteiger partial charge < -0.3 is 5.11 Å². The summed E-state index contributed by atoms with van der Waals surface area (Å²) in [7, 11) is 0. The molecule has 2 aliphatic rings. The van der Waals surface area contributed by atoms with Crippen molar-refractivity contribution >= 4 is 15.9 Å². The molecule has 110 valence electrons. The highest BCUT2D eigenvalue weighted by atomic mass is 79.9. The molecule has 0 aromatic carbocycles. The fraction of sp³-hybridized carbons (Fsp3) is 0.688. The minimum absolute atomic E-state index is 0.0822. The first-order valence-electron chi connectivity index (χ1n) is 7.75. The van der Waals surface area contributed by atoms with E-state index in [4.69, 9.17) is 0 Å².